The summed E-state index contributed by atoms with van der Waals surface area (Å²) in [7, 11) is 0. The third-order valence-electron chi connectivity index (χ3n) is 3.51. The van der Waals surface area contributed by atoms with Crippen molar-refractivity contribution in [2.45, 2.75) is 39.8 Å². The van der Waals surface area contributed by atoms with E-state index in [1.54, 1.807) is 45.9 Å². The van der Waals surface area contributed by atoms with Gasteiger partial charge in [0, 0.05) is 18.2 Å². The number of imide groups is 1. The van der Waals surface area contributed by atoms with Gasteiger partial charge in [-0.3, -0.25) is 14.9 Å². The summed E-state index contributed by atoms with van der Waals surface area (Å²) in [5.41, 5.74) is -0.361. The van der Waals surface area contributed by atoms with E-state index in [0.29, 0.717) is 12.1 Å². The van der Waals surface area contributed by atoms with Crippen molar-refractivity contribution in [2.75, 3.05) is 6.54 Å². The van der Waals surface area contributed by atoms with Gasteiger partial charge in [0.25, 0.3) is 11.6 Å². The normalized spacial score (nSPS) is 18.8. The fourth-order valence-corrected chi connectivity index (χ4v) is 2.49. The molecule has 130 valence electrons. The van der Waals surface area contributed by atoms with Crippen LogP contribution in [0.15, 0.2) is 24.3 Å². The number of para-hydroxylation sites is 1. The fraction of sp³-hybridized carbons (Fsp3) is 0.500. The Morgan fingerprint density at radius 2 is 2.00 bits per heavy atom. The van der Waals surface area contributed by atoms with Crippen molar-refractivity contribution in [3.8, 4) is 0 Å². The molecule has 1 aromatic rings. The Kier molecular flexibility index (Phi) is 4.88. The number of hydrogen-bond donors (Lipinski definition) is 0. The van der Waals surface area contributed by atoms with Crippen LogP contribution in [0.3, 0.4) is 0 Å². The topological polar surface area (TPSA) is 93.0 Å². The maximum atomic E-state index is 12.3. The van der Waals surface area contributed by atoms with Crippen LogP contribution >= 0.6 is 0 Å². The molecule has 24 heavy (non-hydrogen) atoms. The molecular weight excluding hydrogens is 314 g/mol. The number of nitro benzene ring substituents is 1. The summed E-state index contributed by atoms with van der Waals surface area (Å²) >= 11 is 0. The van der Waals surface area contributed by atoms with Crippen LogP contribution in [-0.4, -0.2) is 39.1 Å². The van der Waals surface area contributed by atoms with Gasteiger partial charge in [0.1, 0.15) is 5.60 Å². The molecule has 0 N–H and O–H groups in total. The van der Waals surface area contributed by atoms with Crippen LogP contribution in [0, 0.1) is 16.0 Å². The molecular formula is C16H21N3O5. The molecule has 0 radical (unpaired) electrons. The summed E-state index contributed by atoms with van der Waals surface area (Å²) in [5, 5.41) is 13.6. The Balaban J connectivity index is 2.26. The molecule has 0 spiro atoms. The van der Waals surface area contributed by atoms with Crippen LogP contribution in [0.4, 0.5) is 10.5 Å². The first kappa shape index (κ1) is 17.9. The largest absolute Gasteiger partial charge is 0.442 e. The van der Waals surface area contributed by atoms with Gasteiger partial charge < -0.3 is 4.74 Å². The van der Waals surface area contributed by atoms with E-state index in [9.17, 15) is 19.7 Å². The summed E-state index contributed by atoms with van der Waals surface area (Å²) in [5.74, 6) is -0.761. The fourth-order valence-electron chi connectivity index (χ4n) is 2.49. The highest BCUT2D eigenvalue weighted by Crippen LogP contribution is 2.26. The Morgan fingerprint density at radius 3 is 2.58 bits per heavy atom. The van der Waals surface area contributed by atoms with Crippen LogP contribution < -0.4 is 0 Å². The minimum atomic E-state index is -0.768. The van der Waals surface area contributed by atoms with Crippen LogP contribution in [0.1, 0.15) is 33.3 Å². The zero-order chi connectivity index (χ0) is 18.1. The summed E-state index contributed by atoms with van der Waals surface area (Å²) in [6.45, 7) is 7.21. The van der Waals surface area contributed by atoms with Crippen molar-refractivity contribution in [1.29, 1.82) is 0 Å². The lowest BCUT2D eigenvalue weighted by atomic mass is 10.1. The molecule has 0 saturated carbocycles. The Bertz CT molecular complexity index is 668. The minimum Gasteiger partial charge on any atom is -0.442 e. The lowest BCUT2D eigenvalue weighted by molar-refractivity contribution is -0.385. The maximum Gasteiger partial charge on any atom is 0.432 e. The highest BCUT2D eigenvalue weighted by molar-refractivity contribution is 5.94. The zero-order valence-corrected chi connectivity index (χ0v) is 14.2. The van der Waals surface area contributed by atoms with E-state index in [1.165, 1.54) is 11.1 Å². The molecule has 0 aliphatic carbocycles. The Hall–Kier alpha value is -2.48. The molecule has 2 amide bonds. The van der Waals surface area contributed by atoms with Crippen LogP contribution in [-0.2, 0) is 16.1 Å². The predicted octanol–water partition coefficient (Wildman–Crippen LogP) is 2.73. The molecule has 2 rings (SSSR count). The quantitative estimate of drug-likeness (QED) is 0.623. The summed E-state index contributed by atoms with van der Waals surface area (Å²) in [6.07, 6.45) is -0.768. The van der Waals surface area contributed by atoms with Gasteiger partial charge in [-0.2, -0.15) is 5.01 Å². The smallest absolute Gasteiger partial charge is 0.432 e. The molecule has 1 unspecified atom stereocenters. The van der Waals surface area contributed by atoms with E-state index in [4.69, 9.17) is 4.74 Å². The highest BCUT2D eigenvalue weighted by Gasteiger charge is 2.42. The summed E-state index contributed by atoms with van der Waals surface area (Å²) in [6, 6.07) is 6.26. The first-order chi connectivity index (χ1) is 11.1. The van der Waals surface area contributed by atoms with Crippen molar-refractivity contribution < 1.29 is 19.2 Å². The molecule has 0 bridgehead atoms. The molecule has 1 fully saturated rings. The number of benzene rings is 1. The molecule has 0 aromatic heterocycles. The van der Waals surface area contributed by atoms with Crippen molar-refractivity contribution in [2.24, 2.45) is 5.92 Å². The number of amides is 2. The lowest BCUT2D eigenvalue weighted by Crippen LogP contribution is -2.45. The van der Waals surface area contributed by atoms with Gasteiger partial charge in [0.05, 0.1) is 17.4 Å². The van der Waals surface area contributed by atoms with E-state index in [2.05, 4.69) is 0 Å². The predicted molar refractivity (Wildman–Crippen MR) is 85.8 cm³/mol. The number of hydrazine groups is 1. The number of carbonyl (C=O) groups is 2. The number of hydrogen-bond acceptors (Lipinski definition) is 6. The van der Waals surface area contributed by atoms with Gasteiger partial charge in [0.15, 0.2) is 0 Å². The number of carbonyl (C=O) groups excluding carboxylic acids is 2. The highest BCUT2D eigenvalue weighted by atomic mass is 16.6. The third kappa shape index (κ3) is 3.88. The summed E-state index contributed by atoms with van der Waals surface area (Å²) in [4.78, 5) is 35.3. The molecule has 1 aromatic carbocycles. The van der Waals surface area contributed by atoms with Gasteiger partial charge in [-0.15, -0.1) is 0 Å². The van der Waals surface area contributed by atoms with Crippen molar-refractivity contribution >= 4 is 17.7 Å². The van der Waals surface area contributed by atoms with Gasteiger partial charge in [-0.05, 0) is 20.8 Å². The Morgan fingerprint density at radius 1 is 1.38 bits per heavy atom. The van der Waals surface area contributed by atoms with E-state index >= 15 is 0 Å². The first-order valence-electron chi connectivity index (χ1n) is 7.64. The summed E-state index contributed by atoms with van der Waals surface area (Å²) < 4.78 is 5.28. The number of rotatable bonds is 3. The molecule has 8 heteroatoms. The van der Waals surface area contributed by atoms with Crippen molar-refractivity contribution in [3.05, 3.63) is 39.9 Å². The second-order valence-electron chi connectivity index (χ2n) is 6.76. The van der Waals surface area contributed by atoms with E-state index in [-0.39, 0.29) is 24.1 Å². The van der Waals surface area contributed by atoms with Crippen molar-refractivity contribution in [3.63, 3.8) is 0 Å². The van der Waals surface area contributed by atoms with Gasteiger partial charge in [-0.25, -0.2) is 9.80 Å². The monoisotopic (exact) mass is 335 g/mol. The average molecular weight is 335 g/mol. The zero-order valence-electron chi connectivity index (χ0n) is 14.2. The SMILES string of the molecule is CC1CN(Cc2ccccc2[N+](=O)[O-])N(C(=O)OC(C)(C)C)C1=O. The van der Waals surface area contributed by atoms with Crippen LogP contribution in [0.5, 0.6) is 0 Å². The van der Waals surface area contributed by atoms with Crippen LogP contribution in [0.2, 0.25) is 0 Å². The molecule has 1 aliphatic rings. The van der Waals surface area contributed by atoms with Crippen molar-refractivity contribution in [1.82, 2.24) is 10.0 Å². The average Bonchev–Trinajstić information content (AvgIpc) is 2.72. The first-order valence-corrected chi connectivity index (χ1v) is 7.64. The number of nitrogens with zero attached hydrogens (tertiary/aromatic N) is 3. The number of nitro groups is 1. The molecule has 8 nitrogen and oxygen atoms in total. The number of ether oxygens (including phenoxy) is 1. The molecule has 1 aliphatic heterocycles. The third-order valence-corrected chi connectivity index (χ3v) is 3.51. The minimum absolute atomic E-state index is 0.0476. The van der Waals surface area contributed by atoms with Gasteiger partial charge in [-0.1, -0.05) is 25.1 Å². The molecule has 1 heterocycles. The Labute approximate surface area is 140 Å². The van der Waals surface area contributed by atoms with Gasteiger partial charge in [0.2, 0.25) is 0 Å². The second kappa shape index (κ2) is 6.56. The second-order valence-corrected chi connectivity index (χ2v) is 6.76. The molecule has 1 atom stereocenters. The maximum absolute atomic E-state index is 12.3. The molecule has 1 saturated heterocycles. The lowest BCUT2D eigenvalue weighted by Gasteiger charge is -2.28. The van der Waals surface area contributed by atoms with E-state index in [1.807, 2.05) is 0 Å². The standard InChI is InChI=1S/C16H21N3O5/c1-11-9-17(10-12-7-5-6-8-13(12)19(22)23)18(14(11)20)15(21)24-16(2,3)4/h5-8,11H,9-10H2,1-4H3. The van der Waals surface area contributed by atoms with Crippen LogP contribution in [0.25, 0.3) is 0 Å². The van der Waals surface area contributed by atoms with E-state index < -0.39 is 16.6 Å². The van der Waals surface area contributed by atoms with Gasteiger partial charge >= 0.3 is 6.09 Å². The van der Waals surface area contributed by atoms with E-state index in [0.717, 1.165) is 5.01 Å².